The minimum Gasteiger partial charge on any atom is -0.387 e. The number of nitrogens with zero attached hydrogens (tertiary/aromatic N) is 5. The summed E-state index contributed by atoms with van der Waals surface area (Å²) in [5.74, 6) is 1.32. The Kier molecular flexibility index (Phi) is 4.49. The van der Waals surface area contributed by atoms with Crippen molar-refractivity contribution in [2.24, 2.45) is 11.1 Å². The van der Waals surface area contributed by atoms with E-state index in [-0.39, 0.29) is 6.61 Å². The van der Waals surface area contributed by atoms with E-state index in [9.17, 15) is 0 Å². The highest BCUT2D eigenvalue weighted by Gasteiger charge is 2.23. The molecule has 28 heavy (non-hydrogen) atoms. The van der Waals surface area contributed by atoms with Crippen LogP contribution in [0.5, 0.6) is 0 Å². The van der Waals surface area contributed by atoms with Crippen LogP contribution >= 0.6 is 22.9 Å². The first-order chi connectivity index (χ1) is 13.7. The molecule has 1 aliphatic carbocycles. The largest absolute Gasteiger partial charge is 0.387 e. The molecule has 0 bridgehead atoms. The van der Waals surface area contributed by atoms with Gasteiger partial charge in [0.05, 0.1) is 11.6 Å². The molecule has 1 aromatic carbocycles. The Morgan fingerprint density at radius 3 is 3.07 bits per heavy atom. The van der Waals surface area contributed by atoms with Gasteiger partial charge in [-0.1, -0.05) is 35.8 Å². The predicted molar refractivity (Wildman–Crippen MR) is 111 cm³/mol. The lowest BCUT2D eigenvalue weighted by Crippen LogP contribution is -2.08. The van der Waals surface area contributed by atoms with Gasteiger partial charge in [0.2, 0.25) is 0 Å². The highest BCUT2D eigenvalue weighted by molar-refractivity contribution is 7.19. The van der Waals surface area contributed by atoms with Crippen LogP contribution in [0, 0.1) is 5.92 Å². The molecule has 0 N–H and O–H groups in total. The van der Waals surface area contributed by atoms with Gasteiger partial charge in [-0.15, -0.1) is 16.4 Å². The second kappa shape index (κ2) is 7.14. The van der Waals surface area contributed by atoms with E-state index in [0.29, 0.717) is 10.8 Å². The molecule has 8 heteroatoms. The van der Waals surface area contributed by atoms with Gasteiger partial charge in [0.1, 0.15) is 11.2 Å². The molecule has 1 unspecified atom stereocenters. The number of benzene rings is 1. The Morgan fingerprint density at radius 1 is 1.36 bits per heavy atom. The van der Waals surface area contributed by atoms with Crippen molar-refractivity contribution in [3.05, 3.63) is 57.4 Å². The van der Waals surface area contributed by atoms with Crippen LogP contribution in [0.1, 0.15) is 35.2 Å². The van der Waals surface area contributed by atoms with Crippen LogP contribution in [-0.2, 0) is 24.3 Å². The molecular weight excluding hydrogens is 394 g/mol. The fraction of sp³-hybridized carbons (Fsp3) is 0.300. The smallest absolute Gasteiger partial charge is 0.192 e. The van der Waals surface area contributed by atoms with Crippen LogP contribution in [-0.4, -0.2) is 25.8 Å². The number of halogens is 1. The van der Waals surface area contributed by atoms with Gasteiger partial charge >= 0.3 is 0 Å². The molecule has 0 saturated heterocycles. The van der Waals surface area contributed by atoms with E-state index in [1.165, 1.54) is 16.9 Å². The summed E-state index contributed by atoms with van der Waals surface area (Å²) in [7, 11) is 0. The summed E-state index contributed by atoms with van der Waals surface area (Å²) >= 11 is 7.67. The molecule has 3 heterocycles. The number of fused-ring (bicyclic) bond motifs is 5. The van der Waals surface area contributed by atoms with Crippen LogP contribution in [0.4, 0.5) is 0 Å². The number of rotatable bonds is 4. The SMILES string of the molecule is CC1CCc2c(sc3ncn4nc(CO/N=C/c5ccc(Cl)cc5)nc4c23)C1. The normalized spacial score (nSPS) is 16.9. The summed E-state index contributed by atoms with van der Waals surface area (Å²) in [5, 5.41) is 10.3. The van der Waals surface area contributed by atoms with Crippen molar-refractivity contribution in [2.45, 2.75) is 32.8 Å². The summed E-state index contributed by atoms with van der Waals surface area (Å²) in [5.41, 5.74) is 3.17. The Morgan fingerprint density at radius 2 is 2.21 bits per heavy atom. The van der Waals surface area contributed by atoms with Crippen LogP contribution in [0.15, 0.2) is 35.7 Å². The molecule has 4 aromatic rings. The van der Waals surface area contributed by atoms with Gasteiger partial charge in [-0.25, -0.2) is 14.5 Å². The van der Waals surface area contributed by atoms with Gasteiger partial charge in [-0.3, -0.25) is 0 Å². The van der Waals surface area contributed by atoms with Gasteiger partial charge in [-0.2, -0.15) is 0 Å². The molecule has 0 amide bonds. The summed E-state index contributed by atoms with van der Waals surface area (Å²) in [6, 6.07) is 7.38. The molecule has 142 valence electrons. The molecule has 6 nitrogen and oxygen atoms in total. The van der Waals surface area contributed by atoms with Crippen molar-refractivity contribution in [1.29, 1.82) is 0 Å². The van der Waals surface area contributed by atoms with Crippen LogP contribution in [0.3, 0.4) is 0 Å². The van der Waals surface area contributed by atoms with Crippen LogP contribution < -0.4 is 0 Å². The minimum atomic E-state index is 0.205. The Labute approximate surface area is 170 Å². The lowest BCUT2D eigenvalue weighted by Gasteiger charge is -2.17. The van der Waals surface area contributed by atoms with Crippen molar-refractivity contribution in [2.75, 3.05) is 0 Å². The fourth-order valence-electron chi connectivity index (χ4n) is 3.59. The number of hydrogen-bond donors (Lipinski definition) is 0. The van der Waals surface area contributed by atoms with Gasteiger partial charge < -0.3 is 4.84 Å². The van der Waals surface area contributed by atoms with Crippen molar-refractivity contribution in [1.82, 2.24) is 19.6 Å². The molecule has 0 saturated carbocycles. The topological polar surface area (TPSA) is 64.7 Å². The zero-order chi connectivity index (χ0) is 19.1. The number of aromatic nitrogens is 4. The van der Waals surface area contributed by atoms with Crippen molar-refractivity contribution in [3.8, 4) is 0 Å². The summed E-state index contributed by atoms with van der Waals surface area (Å²) in [6.45, 7) is 2.52. The van der Waals surface area contributed by atoms with Crippen molar-refractivity contribution in [3.63, 3.8) is 0 Å². The third-order valence-corrected chi connectivity index (χ3v) is 6.43. The summed E-state index contributed by atoms with van der Waals surface area (Å²) in [6.07, 6.45) is 6.80. The second-order valence-electron chi connectivity index (χ2n) is 7.13. The number of thiophene rings is 1. The number of aryl methyl sites for hydroxylation is 1. The van der Waals surface area contributed by atoms with E-state index in [1.54, 1.807) is 28.4 Å². The van der Waals surface area contributed by atoms with E-state index in [0.717, 1.165) is 40.2 Å². The third-order valence-electron chi connectivity index (χ3n) is 5.02. The highest BCUT2D eigenvalue weighted by atomic mass is 35.5. The first-order valence-corrected chi connectivity index (χ1v) is 10.4. The number of hydrogen-bond acceptors (Lipinski definition) is 6. The molecular formula is C20H18ClN5OS. The maximum absolute atomic E-state index is 5.88. The lowest BCUT2D eigenvalue weighted by atomic mass is 9.89. The van der Waals surface area contributed by atoms with Gasteiger partial charge in [-0.05, 0) is 48.4 Å². The molecule has 1 atom stereocenters. The van der Waals surface area contributed by atoms with Gasteiger partial charge in [0, 0.05) is 9.90 Å². The zero-order valence-electron chi connectivity index (χ0n) is 15.3. The average molecular weight is 412 g/mol. The lowest BCUT2D eigenvalue weighted by molar-refractivity contribution is 0.126. The number of oxime groups is 1. The molecule has 0 fully saturated rings. The first-order valence-electron chi connectivity index (χ1n) is 9.23. The quantitative estimate of drug-likeness (QED) is 0.361. The van der Waals surface area contributed by atoms with Crippen LogP contribution in [0.25, 0.3) is 15.9 Å². The average Bonchev–Trinajstić information content (AvgIpc) is 3.26. The first kappa shape index (κ1) is 17.6. The second-order valence-corrected chi connectivity index (χ2v) is 8.65. The summed E-state index contributed by atoms with van der Waals surface area (Å²) < 4.78 is 1.75. The minimum absolute atomic E-state index is 0.205. The van der Waals surface area contributed by atoms with E-state index in [2.05, 4.69) is 22.2 Å². The van der Waals surface area contributed by atoms with Gasteiger partial charge in [0.15, 0.2) is 18.1 Å². The van der Waals surface area contributed by atoms with E-state index in [4.69, 9.17) is 21.4 Å². The van der Waals surface area contributed by atoms with Crippen molar-refractivity contribution >= 4 is 45.0 Å². The zero-order valence-corrected chi connectivity index (χ0v) is 16.9. The molecule has 5 rings (SSSR count). The molecule has 0 aliphatic heterocycles. The molecule has 0 radical (unpaired) electrons. The van der Waals surface area contributed by atoms with Crippen molar-refractivity contribution < 1.29 is 4.84 Å². The molecule has 3 aromatic heterocycles. The van der Waals surface area contributed by atoms with Crippen LogP contribution in [0.2, 0.25) is 5.02 Å². The maximum Gasteiger partial charge on any atom is 0.192 e. The van der Waals surface area contributed by atoms with E-state index in [1.807, 2.05) is 24.3 Å². The fourth-order valence-corrected chi connectivity index (χ4v) is 5.06. The molecule has 0 spiro atoms. The Hall–Kier alpha value is -2.51. The van der Waals surface area contributed by atoms with Gasteiger partial charge in [0.25, 0.3) is 0 Å². The third kappa shape index (κ3) is 3.25. The maximum atomic E-state index is 5.88. The Balaban J connectivity index is 1.39. The van der Waals surface area contributed by atoms with E-state index < -0.39 is 0 Å². The van der Waals surface area contributed by atoms with E-state index >= 15 is 0 Å². The molecule has 1 aliphatic rings. The monoisotopic (exact) mass is 411 g/mol. The standard InChI is InChI=1S/C20H18ClN5OS/c1-12-2-7-15-16(8-12)28-20-18(15)19-24-17(25-26(19)11-22-20)10-27-23-9-13-3-5-14(21)6-4-13/h3-6,9,11-12H,2,7-8,10H2,1H3/b23-9+. The summed E-state index contributed by atoms with van der Waals surface area (Å²) in [4.78, 5) is 17.2. The Bertz CT molecular complexity index is 1180. The highest BCUT2D eigenvalue weighted by Crippen LogP contribution is 2.38. The predicted octanol–water partition coefficient (Wildman–Crippen LogP) is 4.67.